The number of carbonyl (C=O) groups excluding carboxylic acids is 1. The van der Waals surface area contributed by atoms with Gasteiger partial charge in [-0.3, -0.25) is 28.2 Å². The zero-order valence-corrected chi connectivity index (χ0v) is 21.5. The minimum atomic E-state index is -0.660. The van der Waals surface area contributed by atoms with Crippen LogP contribution in [0.3, 0.4) is 0 Å². The normalized spacial score (nSPS) is 18.6. The number of halogens is 1. The number of aromatic nitrogens is 4. The number of primary amides is 1. The SMILES string of the molecule is Cn1c(=O)c2c(nc(N3CCC(C(N)=O)(N4CCCCC4)CC3)n2Cc2ccc(Cl)cc2)n(C)c1=O. The number of benzene rings is 1. The number of imidazole rings is 1. The Bertz CT molecular complexity index is 1410. The molecule has 11 heteroatoms. The van der Waals surface area contributed by atoms with Gasteiger partial charge in [-0.1, -0.05) is 30.2 Å². The van der Waals surface area contributed by atoms with Crippen LogP contribution in [-0.2, 0) is 25.4 Å². The van der Waals surface area contributed by atoms with Crippen LogP contribution < -0.4 is 21.9 Å². The van der Waals surface area contributed by atoms with Crippen LogP contribution in [0.2, 0.25) is 5.02 Å². The summed E-state index contributed by atoms with van der Waals surface area (Å²) in [6, 6.07) is 7.44. The third-order valence-corrected chi connectivity index (χ3v) is 8.13. The molecule has 0 spiro atoms. The van der Waals surface area contributed by atoms with Crippen molar-refractivity contribution in [3.63, 3.8) is 0 Å². The van der Waals surface area contributed by atoms with Crippen LogP contribution in [0.4, 0.5) is 5.95 Å². The number of nitrogens with zero attached hydrogens (tertiary/aromatic N) is 6. The number of anilines is 1. The molecule has 0 radical (unpaired) electrons. The van der Waals surface area contributed by atoms with Gasteiger partial charge < -0.3 is 10.6 Å². The average molecular weight is 514 g/mol. The third-order valence-electron chi connectivity index (χ3n) is 7.88. The highest BCUT2D eigenvalue weighted by atomic mass is 35.5. The van der Waals surface area contributed by atoms with Gasteiger partial charge in [0.2, 0.25) is 11.9 Å². The van der Waals surface area contributed by atoms with Crippen LogP contribution in [0, 0.1) is 0 Å². The van der Waals surface area contributed by atoms with Crippen molar-refractivity contribution in [2.45, 2.75) is 44.2 Å². The summed E-state index contributed by atoms with van der Waals surface area (Å²) in [6.45, 7) is 3.29. The first-order valence-electron chi connectivity index (χ1n) is 12.4. The highest BCUT2D eigenvalue weighted by Crippen LogP contribution is 2.34. The van der Waals surface area contributed by atoms with Crippen LogP contribution in [0.5, 0.6) is 0 Å². The van der Waals surface area contributed by atoms with Crippen LogP contribution in [0.25, 0.3) is 11.2 Å². The lowest BCUT2D eigenvalue weighted by Gasteiger charge is -2.48. The van der Waals surface area contributed by atoms with E-state index in [0.29, 0.717) is 54.6 Å². The number of nitrogens with two attached hydrogens (primary N) is 1. The molecule has 10 nitrogen and oxygen atoms in total. The molecule has 2 aliphatic rings. The van der Waals surface area contributed by atoms with Crippen LogP contribution in [0.1, 0.15) is 37.7 Å². The molecule has 0 saturated carbocycles. The second-order valence-electron chi connectivity index (χ2n) is 9.93. The standard InChI is InChI=1S/C25H32ClN7O3/c1-29-20-19(21(34)30(2)24(29)36)33(16-17-6-8-18(26)9-7-17)23(28-20)31-14-10-25(11-15-31,22(27)35)32-12-4-3-5-13-32/h6-9H,3-5,10-16H2,1-2H3,(H2,27,35). The van der Waals surface area contributed by atoms with Crippen LogP contribution in [0.15, 0.2) is 33.9 Å². The molecule has 3 aromatic rings. The Morgan fingerprint density at radius 1 is 1.00 bits per heavy atom. The molecular weight excluding hydrogens is 482 g/mol. The molecule has 192 valence electrons. The number of fused-ring (bicyclic) bond motifs is 1. The van der Waals surface area contributed by atoms with Crippen molar-refractivity contribution in [2.24, 2.45) is 19.8 Å². The van der Waals surface area contributed by atoms with Gasteiger partial charge >= 0.3 is 5.69 Å². The van der Waals surface area contributed by atoms with Gasteiger partial charge in [-0.25, -0.2) is 4.79 Å². The Morgan fingerprint density at radius 3 is 2.25 bits per heavy atom. The van der Waals surface area contributed by atoms with E-state index in [1.54, 1.807) is 7.05 Å². The molecule has 1 amide bonds. The Kier molecular flexibility index (Phi) is 6.42. The number of piperidine rings is 2. The Balaban J connectivity index is 1.56. The number of hydrogen-bond donors (Lipinski definition) is 1. The smallest absolute Gasteiger partial charge is 0.332 e. The molecule has 2 aromatic heterocycles. The van der Waals surface area contributed by atoms with Crippen molar-refractivity contribution in [2.75, 3.05) is 31.1 Å². The first-order chi connectivity index (χ1) is 17.2. The maximum Gasteiger partial charge on any atom is 0.332 e. The summed E-state index contributed by atoms with van der Waals surface area (Å²) in [5.74, 6) is 0.338. The van der Waals surface area contributed by atoms with E-state index in [4.69, 9.17) is 22.3 Å². The average Bonchev–Trinajstić information content (AvgIpc) is 3.27. The molecular formula is C25H32ClN7O3. The topological polar surface area (TPSA) is 111 Å². The van der Waals surface area contributed by atoms with Crippen molar-refractivity contribution in [3.8, 4) is 0 Å². The zero-order valence-electron chi connectivity index (χ0n) is 20.7. The largest absolute Gasteiger partial charge is 0.368 e. The highest BCUT2D eigenvalue weighted by Gasteiger charge is 2.45. The molecule has 2 saturated heterocycles. The quantitative estimate of drug-likeness (QED) is 0.552. The molecule has 2 N–H and O–H groups in total. The predicted molar refractivity (Wildman–Crippen MR) is 140 cm³/mol. The van der Waals surface area contributed by atoms with Gasteiger partial charge in [0.1, 0.15) is 5.54 Å². The minimum Gasteiger partial charge on any atom is -0.368 e. The lowest BCUT2D eigenvalue weighted by atomic mass is 9.83. The maximum absolute atomic E-state index is 13.2. The van der Waals surface area contributed by atoms with Crippen molar-refractivity contribution < 1.29 is 4.79 Å². The summed E-state index contributed by atoms with van der Waals surface area (Å²) in [5.41, 5.74) is 6.17. The molecule has 1 aromatic carbocycles. The minimum absolute atomic E-state index is 0.269. The van der Waals surface area contributed by atoms with E-state index in [1.807, 2.05) is 28.8 Å². The van der Waals surface area contributed by atoms with Gasteiger partial charge in [-0.05, 0) is 56.5 Å². The van der Waals surface area contributed by atoms with Gasteiger partial charge in [-0.15, -0.1) is 0 Å². The number of likely N-dealkylation sites (tertiary alicyclic amines) is 1. The fourth-order valence-electron chi connectivity index (χ4n) is 5.72. The number of amides is 1. The van der Waals surface area contributed by atoms with E-state index in [9.17, 15) is 14.4 Å². The summed E-state index contributed by atoms with van der Waals surface area (Å²) in [4.78, 5) is 47.7. The number of rotatable bonds is 5. The highest BCUT2D eigenvalue weighted by molar-refractivity contribution is 6.30. The fraction of sp³-hybridized carbons (Fsp3) is 0.520. The summed E-state index contributed by atoms with van der Waals surface area (Å²) in [5, 5.41) is 0.629. The van der Waals surface area contributed by atoms with Gasteiger partial charge in [-0.2, -0.15) is 4.98 Å². The van der Waals surface area contributed by atoms with E-state index < -0.39 is 16.8 Å². The summed E-state index contributed by atoms with van der Waals surface area (Å²) in [7, 11) is 3.10. The third kappa shape index (κ3) is 4.02. The van der Waals surface area contributed by atoms with Crippen molar-refractivity contribution in [1.82, 2.24) is 23.6 Å². The van der Waals surface area contributed by atoms with Gasteiger partial charge in [0.25, 0.3) is 5.56 Å². The second-order valence-corrected chi connectivity index (χ2v) is 10.4. The molecule has 4 heterocycles. The van der Waals surface area contributed by atoms with Gasteiger partial charge in [0.15, 0.2) is 11.2 Å². The van der Waals surface area contributed by atoms with E-state index in [-0.39, 0.29) is 5.91 Å². The predicted octanol–water partition coefficient (Wildman–Crippen LogP) is 1.45. The van der Waals surface area contributed by atoms with Crippen molar-refractivity contribution in [1.29, 1.82) is 0 Å². The molecule has 2 fully saturated rings. The van der Waals surface area contributed by atoms with Crippen LogP contribution in [-0.4, -0.2) is 61.2 Å². The first-order valence-corrected chi connectivity index (χ1v) is 12.8. The Morgan fingerprint density at radius 2 is 1.64 bits per heavy atom. The maximum atomic E-state index is 13.2. The molecule has 0 bridgehead atoms. The molecule has 0 aliphatic carbocycles. The molecule has 0 atom stereocenters. The second kappa shape index (κ2) is 9.40. The van der Waals surface area contributed by atoms with Crippen molar-refractivity contribution in [3.05, 3.63) is 55.7 Å². The van der Waals surface area contributed by atoms with Crippen LogP contribution >= 0.6 is 11.6 Å². The Labute approximate surface area is 213 Å². The molecule has 0 unspecified atom stereocenters. The summed E-state index contributed by atoms with van der Waals surface area (Å²) < 4.78 is 4.39. The van der Waals surface area contributed by atoms with E-state index in [0.717, 1.165) is 36.1 Å². The Hall–Kier alpha value is -3.11. The fourth-order valence-corrected chi connectivity index (χ4v) is 5.84. The van der Waals surface area contributed by atoms with E-state index in [2.05, 4.69) is 9.80 Å². The lowest BCUT2D eigenvalue weighted by Crippen LogP contribution is -2.63. The summed E-state index contributed by atoms with van der Waals surface area (Å²) >= 11 is 6.08. The number of carbonyl (C=O) groups is 1. The molecule has 5 rings (SSSR count). The monoisotopic (exact) mass is 513 g/mol. The zero-order chi connectivity index (χ0) is 25.6. The first kappa shape index (κ1) is 24.6. The van der Waals surface area contributed by atoms with E-state index in [1.165, 1.54) is 18.0 Å². The number of hydrogen-bond acceptors (Lipinski definition) is 6. The van der Waals surface area contributed by atoms with Gasteiger partial charge in [0, 0.05) is 32.2 Å². The lowest BCUT2D eigenvalue weighted by molar-refractivity contribution is -0.132. The summed E-state index contributed by atoms with van der Waals surface area (Å²) in [6.07, 6.45) is 4.51. The van der Waals surface area contributed by atoms with Crippen molar-refractivity contribution >= 4 is 34.6 Å². The molecule has 36 heavy (non-hydrogen) atoms. The molecule has 2 aliphatic heterocycles. The van der Waals surface area contributed by atoms with E-state index >= 15 is 0 Å². The number of aryl methyl sites for hydroxylation is 1. The van der Waals surface area contributed by atoms with Gasteiger partial charge in [0.05, 0.1) is 6.54 Å².